The third-order valence-electron chi connectivity index (χ3n) is 2.66. The first-order valence-electron chi connectivity index (χ1n) is 6.16. The van der Waals surface area contributed by atoms with Crippen molar-refractivity contribution in [2.45, 2.75) is 26.4 Å². The maximum Gasteiger partial charge on any atom is 0.308 e. The highest BCUT2D eigenvalue weighted by Crippen LogP contribution is 2.23. The smallest absolute Gasteiger partial charge is 0.308 e. The third-order valence-corrected chi connectivity index (χ3v) is 3.73. The van der Waals surface area contributed by atoms with Crippen molar-refractivity contribution in [2.75, 3.05) is 0 Å². The summed E-state index contributed by atoms with van der Waals surface area (Å²) in [6, 6.07) is 6.14. The Kier molecular flexibility index (Phi) is 4.68. The molecule has 4 nitrogen and oxygen atoms in total. The van der Waals surface area contributed by atoms with Gasteiger partial charge in [0.2, 0.25) is 0 Å². The number of carboxylic acids is 1. The molecule has 106 valence electrons. The quantitative estimate of drug-likeness (QED) is 0.890. The zero-order chi connectivity index (χ0) is 14.5. The highest BCUT2D eigenvalue weighted by molar-refractivity contribution is 7.11. The summed E-state index contributed by atoms with van der Waals surface area (Å²) in [5.74, 6) is -1.14. The summed E-state index contributed by atoms with van der Waals surface area (Å²) in [7, 11) is 0. The van der Waals surface area contributed by atoms with Gasteiger partial charge in [0.15, 0.2) is 11.6 Å². The van der Waals surface area contributed by atoms with Gasteiger partial charge in [-0.3, -0.25) is 4.79 Å². The lowest BCUT2D eigenvalue weighted by atomic mass is 10.2. The number of hydrogen-bond acceptors (Lipinski definition) is 4. The zero-order valence-corrected chi connectivity index (χ0v) is 11.7. The molecule has 0 aliphatic heterocycles. The monoisotopic (exact) mass is 295 g/mol. The minimum Gasteiger partial charge on any atom is -0.483 e. The summed E-state index contributed by atoms with van der Waals surface area (Å²) in [5, 5.41) is 9.49. The van der Waals surface area contributed by atoms with Gasteiger partial charge < -0.3 is 9.84 Å². The maximum atomic E-state index is 13.4. The number of para-hydroxylation sites is 1. The molecule has 1 heterocycles. The molecule has 0 aliphatic carbocycles. The van der Waals surface area contributed by atoms with Crippen LogP contribution in [0.2, 0.25) is 0 Å². The predicted molar refractivity (Wildman–Crippen MR) is 73.6 cm³/mol. The number of aryl methyl sites for hydroxylation is 1. The summed E-state index contributed by atoms with van der Waals surface area (Å²) in [6.45, 7) is 2.06. The van der Waals surface area contributed by atoms with E-state index in [2.05, 4.69) is 4.98 Å². The third kappa shape index (κ3) is 3.54. The molecule has 0 saturated heterocycles. The molecule has 0 spiro atoms. The van der Waals surface area contributed by atoms with Crippen molar-refractivity contribution in [1.29, 1.82) is 0 Å². The number of aromatic nitrogens is 1. The van der Waals surface area contributed by atoms with E-state index in [-0.39, 0.29) is 18.8 Å². The van der Waals surface area contributed by atoms with Crippen LogP contribution < -0.4 is 4.74 Å². The fraction of sp³-hybridized carbons (Fsp3) is 0.286. The van der Waals surface area contributed by atoms with Crippen LogP contribution in [0, 0.1) is 5.82 Å². The molecule has 0 aliphatic rings. The van der Waals surface area contributed by atoms with Crippen LogP contribution in [0.15, 0.2) is 24.3 Å². The Balaban J connectivity index is 2.08. The van der Waals surface area contributed by atoms with Crippen molar-refractivity contribution in [3.8, 4) is 5.75 Å². The van der Waals surface area contributed by atoms with E-state index < -0.39 is 11.8 Å². The number of aliphatic carboxylic acids is 1. The molecular weight excluding hydrogens is 281 g/mol. The number of ether oxygens (including phenoxy) is 1. The molecule has 0 bridgehead atoms. The second-order valence-corrected chi connectivity index (χ2v) is 5.29. The first kappa shape index (κ1) is 14.5. The lowest BCUT2D eigenvalue weighted by molar-refractivity contribution is -0.136. The number of thiazole rings is 1. The van der Waals surface area contributed by atoms with Crippen molar-refractivity contribution in [2.24, 2.45) is 0 Å². The van der Waals surface area contributed by atoms with E-state index in [4.69, 9.17) is 9.84 Å². The first-order chi connectivity index (χ1) is 9.60. The number of nitrogens with zero attached hydrogens (tertiary/aromatic N) is 1. The standard InChI is InChI=1S/C14H14FNO3S/c1-2-10-12(7-14(17)18)20-13(16-10)8-19-11-6-4-3-5-9(11)15/h3-6H,2,7-8H2,1H3,(H,17,18). The molecule has 0 fully saturated rings. The summed E-state index contributed by atoms with van der Waals surface area (Å²) in [5.41, 5.74) is 0.768. The topological polar surface area (TPSA) is 59.4 Å². The van der Waals surface area contributed by atoms with Gasteiger partial charge in [-0.25, -0.2) is 9.37 Å². The Morgan fingerprint density at radius 3 is 2.85 bits per heavy atom. The van der Waals surface area contributed by atoms with E-state index in [0.29, 0.717) is 11.4 Å². The van der Waals surface area contributed by atoms with Gasteiger partial charge in [0, 0.05) is 4.88 Å². The molecule has 20 heavy (non-hydrogen) atoms. The van der Waals surface area contributed by atoms with Gasteiger partial charge in [0.05, 0.1) is 12.1 Å². The Bertz CT molecular complexity index is 612. The normalized spacial score (nSPS) is 10.5. The van der Waals surface area contributed by atoms with Crippen LogP contribution in [-0.2, 0) is 24.2 Å². The number of hydrogen-bond donors (Lipinski definition) is 1. The van der Waals surface area contributed by atoms with Gasteiger partial charge in [0.25, 0.3) is 0 Å². The largest absolute Gasteiger partial charge is 0.483 e. The van der Waals surface area contributed by atoms with E-state index in [9.17, 15) is 9.18 Å². The van der Waals surface area contributed by atoms with Crippen LogP contribution in [-0.4, -0.2) is 16.1 Å². The van der Waals surface area contributed by atoms with Gasteiger partial charge in [-0.1, -0.05) is 19.1 Å². The Labute approximate surface area is 119 Å². The fourth-order valence-corrected chi connectivity index (χ4v) is 2.81. The molecule has 0 atom stereocenters. The summed E-state index contributed by atoms with van der Waals surface area (Å²) in [4.78, 5) is 15.8. The fourth-order valence-electron chi connectivity index (χ4n) is 1.75. The average molecular weight is 295 g/mol. The van der Waals surface area contributed by atoms with Crippen molar-refractivity contribution in [3.63, 3.8) is 0 Å². The lowest BCUT2D eigenvalue weighted by Gasteiger charge is -2.04. The highest BCUT2D eigenvalue weighted by Gasteiger charge is 2.13. The van der Waals surface area contributed by atoms with Crippen LogP contribution in [0.4, 0.5) is 4.39 Å². The Hall–Kier alpha value is -1.95. The minimum atomic E-state index is -0.884. The van der Waals surface area contributed by atoms with E-state index in [1.54, 1.807) is 18.2 Å². The maximum absolute atomic E-state index is 13.4. The van der Waals surface area contributed by atoms with Crippen molar-refractivity contribution in [3.05, 3.63) is 45.7 Å². The average Bonchev–Trinajstić information content (AvgIpc) is 2.79. The van der Waals surface area contributed by atoms with Crippen LogP contribution in [0.25, 0.3) is 0 Å². The summed E-state index contributed by atoms with van der Waals surface area (Å²) in [6.07, 6.45) is 0.624. The molecule has 1 aromatic carbocycles. The second-order valence-electron chi connectivity index (χ2n) is 4.12. The van der Waals surface area contributed by atoms with Gasteiger partial charge in [0.1, 0.15) is 11.6 Å². The van der Waals surface area contributed by atoms with E-state index in [0.717, 1.165) is 10.6 Å². The van der Waals surface area contributed by atoms with Crippen LogP contribution in [0.3, 0.4) is 0 Å². The lowest BCUT2D eigenvalue weighted by Crippen LogP contribution is -2.00. The number of carboxylic acid groups (broad SMARTS) is 1. The van der Waals surface area contributed by atoms with Crippen LogP contribution in [0.5, 0.6) is 5.75 Å². The molecule has 6 heteroatoms. The molecule has 0 radical (unpaired) electrons. The Morgan fingerprint density at radius 1 is 1.45 bits per heavy atom. The molecule has 2 rings (SSSR count). The molecule has 0 amide bonds. The number of carbonyl (C=O) groups is 1. The highest BCUT2D eigenvalue weighted by atomic mass is 32.1. The SMILES string of the molecule is CCc1nc(COc2ccccc2F)sc1CC(=O)O. The van der Waals surface area contributed by atoms with Gasteiger partial charge >= 0.3 is 5.97 Å². The molecule has 1 aromatic heterocycles. The van der Waals surface area contributed by atoms with Crippen molar-refractivity contribution >= 4 is 17.3 Å². The summed E-state index contributed by atoms with van der Waals surface area (Å²) < 4.78 is 18.8. The van der Waals surface area contributed by atoms with E-state index in [1.807, 2.05) is 6.92 Å². The van der Waals surface area contributed by atoms with Crippen LogP contribution in [0.1, 0.15) is 22.5 Å². The van der Waals surface area contributed by atoms with Crippen LogP contribution >= 0.6 is 11.3 Å². The first-order valence-corrected chi connectivity index (χ1v) is 6.98. The Morgan fingerprint density at radius 2 is 2.20 bits per heavy atom. The second kappa shape index (κ2) is 6.47. The predicted octanol–water partition coefficient (Wildman–Crippen LogP) is 3.05. The number of rotatable bonds is 6. The van der Waals surface area contributed by atoms with E-state index >= 15 is 0 Å². The molecular formula is C14H14FNO3S. The number of benzene rings is 1. The molecule has 0 saturated carbocycles. The zero-order valence-electron chi connectivity index (χ0n) is 10.9. The van der Waals surface area contributed by atoms with Crippen molar-refractivity contribution < 1.29 is 19.0 Å². The minimum absolute atomic E-state index is 0.0411. The van der Waals surface area contributed by atoms with Gasteiger partial charge in [-0.2, -0.15) is 0 Å². The van der Waals surface area contributed by atoms with Crippen molar-refractivity contribution in [1.82, 2.24) is 4.98 Å². The van der Waals surface area contributed by atoms with E-state index in [1.165, 1.54) is 17.4 Å². The van der Waals surface area contributed by atoms with Gasteiger partial charge in [-0.05, 0) is 18.6 Å². The number of halogens is 1. The summed E-state index contributed by atoms with van der Waals surface area (Å²) >= 11 is 1.30. The molecule has 2 aromatic rings. The molecule has 1 N–H and O–H groups in total. The molecule has 0 unspecified atom stereocenters. The van der Waals surface area contributed by atoms with Gasteiger partial charge in [-0.15, -0.1) is 11.3 Å².